The Balaban J connectivity index is 1.97. The van der Waals surface area contributed by atoms with Gasteiger partial charge in [-0.2, -0.15) is 0 Å². The quantitative estimate of drug-likeness (QED) is 0.855. The molecule has 1 aromatic carbocycles. The lowest BCUT2D eigenvalue weighted by atomic mass is 10.0. The highest BCUT2D eigenvalue weighted by atomic mass is 16.2. The molecule has 2 rings (SSSR count). The van der Waals surface area contributed by atoms with Crippen molar-refractivity contribution in [2.45, 2.75) is 45.2 Å². The zero-order chi connectivity index (χ0) is 13.0. The van der Waals surface area contributed by atoms with Crippen molar-refractivity contribution in [3.63, 3.8) is 0 Å². The third-order valence-electron chi connectivity index (χ3n) is 3.62. The molecule has 18 heavy (non-hydrogen) atoms. The fourth-order valence-corrected chi connectivity index (χ4v) is 2.37. The standard InChI is InChI=1S/C15H22N2O/c1-3-12-6-8-13(9-7-12)11(2)17-14-5-4-10-16-15(14)18/h6-9,11,14,17H,3-5,10H2,1-2H3,(H,16,18). The molecule has 0 saturated carbocycles. The molecule has 98 valence electrons. The van der Waals surface area contributed by atoms with Crippen molar-refractivity contribution >= 4 is 5.91 Å². The largest absolute Gasteiger partial charge is 0.355 e. The molecular weight excluding hydrogens is 224 g/mol. The Morgan fingerprint density at radius 3 is 2.72 bits per heavy atom. The number of hydrogen-bond acceptors (Lipinski definition) is 2. The molecule has 3 heteroatoms. The number of hydrogen-bond donors (Lipinski definition) is 2. The first-order valence-corrected chi connectivity index (χ1v) is 6.83. The summed E-state index contributed by atoms with van der Waals surface area (Å²) in [7, 11) is 0. The van der Waals surface area contributed by atoms with E-state index in [1.165, 1.54) is 11.1 Å². The first-order valence-electron chi connectivity index (χ1n) is 6.83. The van der Waals surface area contributed by atoms with Crippen LogP contribution in [0, 0.1) is 0 Å². The normalized spacial score (nSPS) is 21.4. The molecule has 1 aromatic rings. The second-order valence-electron chi connectivity index (χ2n) is 4.97. The van der Waals surface area contributed by atoms with Crippen LogP contribution in [0.1, 0.15) is 43.9 Å². The summed E-state index contributed by atoms with van der Waals surface area (Å²) in [6.45, 7) is 5.09. The summed E-state index contributed by atoms with van der Waals surface area (Å²) in [6.07, 6.45) is 3.06. The highest BCUT2D eigenvalue weighted by molar-refractivity contribution is 5.82. The number of carbonyl (C=O) groups excluding carboxylic acids is 1. The van der Waals surface area contributed by atoms with Gasteiger partial charge in [-0.25, -0.2) is 0 Å². The van der Waals surface area contributed by atoms with Crippen LogP contribution >= 0.6 is 0 Å². The van der Waals surface area contributed by atoms with E-state index in [4.69, 9.17) is 0 Å². The van der Waals surface area contributed by atoms with Gasteiger partial charge in [0.1, 0.15) is 0 Å². The molecule has 2 unspecified atom stereocenters. The zero-order valence-corrected chi connectivity index (χ0v) is 11.2. The second kappa shape index (κ2) is 6.01. The van der Waals surface area contributed by atoms with E-state index in [2.05, 4.69) is 48.7 Å². The summed E-state index contributed by atoms with van der Waals surface area (Å²) in [5, 5.41) is 6.32. The number of piperidine rings is 1. The minimum Gasteiger partial charge on any atom is -0.355 e. The molecule has 1 amide bonds. The van der Waals surface area contributed by atoms with Crippen molar-refractivity contribution in [3.05, 3.63) is 35.4 Å². The maximum Gasteiger partial charge on any atom is 0.237 e. The van der Waals surface area contributed by atoms with Crippen molar-refractivity contribution in [3.8, 4) is 0 Å². The van der Waals surface area contributed by atoms with Crippen LogP contribution in [0.5, 0.6) is 0 Å². The van der Waals surface area contributed by atoms with Gasteiger partial charge in [0.2, 0.25) is 5.91 Å². The Bertz CT molecular complexity index is 399. The molecule has 2 atom stereocenters. The molecule has 2 N–H and O–H groups in total. The van der Waals surface area contributed by atoms with Crippen LogP contribution in [0.4, 0.5) is 0 Å². The van der Waals surface area contributed by atoms with Crippen LogP contribution < -0.4 is 10.6 Å². The summed E-state index contributed by atoms with van der Waals surface area (Å²) < 4.78 is 0. The number of aryl methyl sites for hydroxylation is 1. The molecule has 0 radical (unpaired) electrons. The molecule has 1 heterocycles. The summed E-state index contributed by atoms with van der Waals surface area (Å²) in [6, 6.07) is 8.79. The number of benzene rings is 1. The van der Waals surface area contributed by atoms with E-state index >= 15 is 0 Å². The van der Waals surface area contributed by atoms with Crippen LogP contribution in [0.25, 0.3) is 0 Å². The van der Waals surface area contributed by atoms with E-state index in [1.54, 1.807) is 0 Å². The third-order valence-corrected chi connectivity index (χ3v) is 3.62. The molecule has 1 aliphatic rings. The minimum atomic E-state index is -0.0420. The van der Waals surface area contributed by atoms with Crippen LogP contribution in [0.15, 0.2) is 24.3 Å². The number of nitrogens with one attached hydrogen (secondary N) is 2. The van der Waals surface area contributed by atoms with E-state index in [1.807, 2.05) is 0 Å². The molecule has 1 saturated heterocycles. The SMILES string of the molecule is CCc1ccc(C(C)NC2CCCNC2=O)cc1. The number of rotatable bonds is 4. The highest BCUT2D eigenvalue weighted by Crippen LogP contribution is 2.16. The van der Waals surface area contributed by atoms with Gasteiger partial charge in [0.25, 0.3) is 0 Å². The molecule has 1 fully saturated rings. The lowest BCUT2D eigenvalue weighted by Gasteiger charge is -2.26. The van der Waals surface area contributed by atoms with Crippen molar-refractivity contribution in [1.82, 2.24) is 10.6 Å². The predicted molar refractivity (Wildman–Crippen MR) is 73.4 cm³/mol. The molecule has 0 aromatic heterocycles. The molecular formula is C15H22N2O. The molecule has 1 aliphatic heterocycles. The lowest BCUT2D eigenvalue weighted by molar-refractivity contribution is -0.124. The van der Waals surface area contributed by atoms with Crippen LogP contribution in [0.2, 0.25) is 0 Å². The van der Waals surface area contributed by atoms with Gasteiger partial charge in [0.05, 0.1) is 6.04 Å². The van der Waals surface area contributed by atoms with E-state index in [0.29, 0.717) is 0 Å². The Morgan fingerprint density at radius 1 is 1.39 bits per heavy atom. The summed E-state index contributed by atoms with van der Waals surface area (Å²) in [4.78, 5) is 11.7. The maximum absolute atomic E-state index is 11.7. The fraction of sp³-hybridized carbons (Fsp3) is 0.533. The molecule has 0 bridgehead atoms. The first-order chi connectivity index (χ1) is 8.70. The Morgan fingerprint density at radius 2 is 2.11 bits per heavy atom. The van der Waals surface area contributed by atoms with Gasteiger partial charge in [-0.1, -0.05) is 31.2 Å². The van der Waals surface area contributed by atoms with Crippen LogP contribution in [-0.4, -0.2) is 18.5 Å². The number of carbonyl (C=O) groups is 1. The van der Waals surface area contributed by atoms with Gasteiger partial charge in [-0.3, -0.25) is 10.1 Å². The van der Waals surface area contributed by atoms with Crippen molar-refractivity contribution in [2.75, 3.05) is 6.54 Å². The lowest BCUT2D eigenvalue weighted by Crippen LogP contribution is -2.48. The topological polar surface area (TPSA) is 41.1 Å². The second-order valence-corrected chi connectivity index (χ2v) is 4.97. The zero-order valence-electron chi connectivity index (χ0n) is 11.2. The predicted octanol–water partition coefficient (Wildman–Crippen LogP) is 2.18. The monoisotopic (exact) mass is 246 g/mol. The van der Waals surface area contributed by atoms with Crippen LogP contribution in [-0.2, 0) is 11.2 Å². The Hall–Kier alpha value is -1.35. The average molecular weight is 246 g/mol. The summed E-state index contributed by atoms with van der Waals surface area (Å²) in [5.74, 6) is 0.137. The van der Waals surface area contributed by atoms with Crippen molar-refractivity contribution < 1.29 is 4.79 Å². The van der Waals surface area contributed by atoms with Gasteiger partial charge >= 0.3 is 0 Å². The summed E-state index contributed by atoms with van der Waals surface area (Å²) >= 11 is 0. The third kappa shape index (κ3) is 3.10. The van der Waals surface area contributed by atoms with E-state index in [-0.39, 0.29) is 18.0 Å². The smallest absolute Gasteiger partial charge is 0.237 e. The Labute approximate surface area is 109 Å². The van der Waals surface area contributed by atoms with Gasteiger partial charge in [0.15, 0.2) is 0 Å². The highest BCUT2D eigenvalue weighted by Gasteiger charge is 2.23. The van der Waals surface area contributed by atoms with Gasteiger partial charge in [-0.15, -0.1) is 0 Å². The number of amides is 1. The fourth-order valence-electron chi connectivity index (χ4n) is 2.37. The Kier molecular flexibility index (Phi) is 4.37. The van der Waals surface area contributed by atoms with E-state index < -0.39 is 0 Å². The minimum absolute atomic E-state index is 0.0420. The summed E-state index contributed by atoms with van der Waals surface area (Å²) in [5.41, 5.74) is 2.59. The maximum atomic E-state index is 11.7. The van der Waals surface area contributed by atoms with Crippen LogP contribution in [0.3, 0.4) is 0 Å². The van der Waals surface area contributed by atoms with E-state index in [0.717, 1.165) is 25.8 Å². The first kappa shape index (κ1) is 13.1. The molecule has 3 nitrogen and oxygen atoms in total. The molecule has 0 aliphatic carbocycles. The van der Waals surface area contributed by atoms with Gasteiger partial charge in [0, 0.05) is 12.6 Å². The molecule has 0 spiro atoms. The average Bonchev–Trinajstić information content (AvgIpc) is 2.41. The van der Waals surface area contributed by atoms with Crippen molar-refractivity contribution in [1.29, 1.82) is 0 Å². The van der Waals surface area contributed by atoms with Crippen molar-refractivity contribution in [2.24, 2.45) is 0 Å². The van der Waals surface area contributed by atoms with E-state index in [9.17, 15) is 4.79 Å². The van der Waals surface area contributed by atoms with Gasteiger partial charge in [-0.05, 0) is 37.3 Å². The van der Waals surface area contributed by atoms with Gasteiger partial charge < -0.3 is 5.32 Å².